The molecule has 0 aliphatic carbocycles. The van der Waals surface area contributed by atoms with Gasteiger partial charge in [-0.3, -0.25) is 4.79 Å². The van der Waals surface area contributed by atoms with Crippen LogP contribution < -0.4 is 10.6 Å². The molecule has 15 heavy (non-hydrogen) atoms. The summed E-state index contributed by atoms with van der Waals surface area (Å²) in [5.41, 5.74) is -0.0397. The predicted molar refractivity (Wildman–Crippen MR) is 58.2 cm³/mol. The van der Waals surface area contributed by atoms with Crippen molar-refractivity contribution < 1.29 is 4.79 Å². The highest BCUT2D eigenvalue weighted by atomic mass is 16.1. The van der Waals surface area contributed by atoms with Gasteiger partial charge in [-0.1, -0.05) is 0 Å². The molecule has 84 valence electrons. The smallest absolute Gasteiger partial charge is 0.234 e. The zero-order valence-corrected chi connectivity index (χ0v) is 9.42. The van der Waals surface area contributed by atoms with Crippen LogP contribution in [0.15, 0.2) is 12.4 Å². The molecule has 0 aliphatic rings. The van der Waals surface area contributed by atoms with Crippen LogP contribution in [0.4, 0.5) is 0 Å². The monoisotopic (exact) mass is 210 g/mol. The van der Waals surface area contributed by atoms with Crippen molar-refractivity contribution in [2.75, 3.05) is 6.54 Å². The van der Waals surface area contributed by atoms with Crippen molar-refractivity contribution in [2.24, 2.45) is 0 Å². The fraction of sp³-hybridized carbons (Fsp3) is 0.600. The summed E-state index contributed by atoms with van der Waals surface area (Å²) in [7, 11) is 0. The normalized spacial score (nSPS) is 11.4. The van der Waals surface area contributed by atoms with Crippen LogP contribution in [0.3, 0.4) is 0 Å². The SMILES string of the molecule is CC(C)(C)NCC(=O)NCc1ncc[nH]1. The lowest BCUT2D eigenvalue weighted by Gasteiger charge is -2.19. The molecule has 0 aromatic carbocycles. The molecular weight excluding hydrogens is 192 g/mol. The number of hydrogen-bond acceptors (Lipinski definition) is 3. The quantitative estimate of drug-likeness (QED) is 0.674. The van der Waals surface area contributed by atoms with Crippen LogP contribution in [0.2, 0.25) is 0 Å². The number of carbonyl (C=O) groups excluding carboxylic acids is 1. The molecule has 3 N–H and O–H groups in total. The third-order valence-electron chi connectivity index (χ3n) is 1.79. The number of imidazole rings is 1. The fourth-order valence-electron chi connectivity index (χ4n) is 0.985. The van der Waals surface area contributed by atoms with E-state index in [-0.39, 0.29) is 11.4 Å². The number of nitrogens with one attached hydrogen (secondary N) is 3. The Kier molecular flexibility index (Phi) is 3.85. The Hall–Kier alpha value is -1.36. The fourth-order valence-corrected chi connectivity index (χ4v) is 0.985. The summed E-state index contributed by atoms with van der Waals surface area (Å²) in [6.45, 7) is 6.83. The molecule has 1 amide bonds. The first-order chi connectivity index (χ1) is 6.97. The van der Waals surface area contributed by atoms with Gasteiger partial charge in [0.15, 0.2) is 0 Å². The van der Waals surface area contributed by atoms with E-state index in [1.807, 2.05) is 20.8 Å². The Labute approximate surface area is 89.7 Å². The Morgan fingerprint density at radius 2 is 2.27 bits per heavy atom. The highest BCUT2D eigenvalue weighted by Gasteiger charge is 2.10. The largest absolute Gasteiger partial charge is 0.348 e. The molecule has 5 heteroatoms. The van der Waals surface area contributed by atoms with Crippen LogP contribution in [0, 0.1) is 0 Å². The minimum Gasteiger partial charge on any atom is -0.348 e. The van der Waals surface area contributed by atoms with E-state index < -0.39 is 0 Å². The molecule has 0 fully saturated rings. The van der Waals surface area contributed by atoms with E-state index in [1.54, 1.807) is 12.4 Å². The third-order valence-corrected chi connectivity index (χ3v) is 1.79. The number of aromatic nitrogens is 2. The van der Waals surface area contributed by atoms with Gasteiger partial charge in [-0.25, -0.2) is 4.98 Å². The van der Waals surface area contributed by atoms with Gasteiger partial charge in [0, 0.05) is 17.9 Å². The summed E-state index contributed by atoms with van der Waals surface area (Å²) in [4.78, 5) is 18.3. The number of aromatic amines is 1. The van der Waals surface area contributed by atoms with Crippen molar-refractivity contribution in [3.8, 4) is 0 Å². The summed E-state index contributed by atoms with van der Waals surface area (Å²) < 4.78 is 0. The maximum atomic E-state index is 11.4. The number of carbonyl (C=O) groups is 1. The molecule has 1 heterocycles. The summed E-state index contributed by atoms with van der Waals surface area (Å²) in [6.07, 6.45) is 3.39. The second kappa shape index (κ2) is 4.93. The van der Waals surface area contributed by atoms with Crippen molar-refractivity contribution >= 4 is 5.91 Å². The zero-order valence-electron chi connectivity index (χ0n) is 9.42. The summed E-state index contributed by atoms with van der Waals surface area (Å²) in [5.74, 6) is 0.737. The van der Waals surface area contributed by atoms with Gasteiger partial charge in [-0.05, 0) is 20.8 Å². The second-order valence-electron chi connectivity index (χ2n) is 4.42. The molecule has 1 aromatic heterocycles. The Morgan fingerprint density at radius 1 is 1.53 bits per heavy atom. The van der Waals surface area contributed by atoms with Crippen LogP contribution >= 0.6 is 0 Å². The molecule has 0 radical (unpaired) electrons. The van der Waals surface area contributed by atoms with Crippen LogP contribution in [0.1, 0.15) is 26.6 Å². The third kappa shape index (κ3) is 5.17. The molecule has 0 atom stereocenters. The van der Waals surface area contributed by atoms with Crippen LogP contribution in [-0.2, 0) is 11.3 Å². The molecule has 0 aliphatic heterocycles. The lowest BCUT2D eigenvalue weighted by Crippen LogP contribution is -2.43. The molecule has 0 saturated heterocycles. The van der Waals surface area contributed by atoms with E-state index in [1.165, 1.54) is 0 Å². The first-order valence-electron chi connectivity index (χ1n) is 4.97. The van der Waals surface area contributed by atoms with Crippen molar-refractivity contribution in [3.05, 3.63) is 18.2 Å². The molecular formula is C10H18N4O. The number of rotatable bonds is 4. The second-order valence-corrected chi connectivity index (χ2v) is 4.42. The molecule has 0 bridgehead atoms. The Balaban J connectivity index is 2.20. The molecule has 5 nitrogen and oxygen atoms in total. The predicted octanol–water partition coefficient (Wildman–Crippen LogP) is 0.414. The van der Waals surface area contributed by atoms with E-state index in [0.29, 0.717) is 13.1 Å². The van der Waals surface area contributed by atoms with Gasteiger partial charge in [0.05, 0.1) is 13.1 Å². The summed E-state index contributed by atoms with van der Waals surface area (Å²) in [6, 6.07) is 0. The minimum absolute atomic E-state index is 0.0266. The van der Waals surface area contributed by atoms with Gasteiger partial charge in [0.2, 0.25) is 5.91 Å². The molecule has 0 unspecified atom stereocenters. The number of amides is 1. The lowest BCUT2D eigenvalue weighted by atomic mass is 10.1. The topological polar surface area (TPSA) is 69.8 Å². The number of hydrogen-bond donors (Lipinski definition) is 3. The molecule has 0 saturated carbocycles. The van der Waals surface area contributed by atoms with Gasteiger partial charge in [0.25, 0.3) is 0 Å². The first-order valence-corrected chi connectivity index (χ1v) is 4.97. The maximum Gasteiger partial charge on any atom is 0.234 e. The van der Waals surface area contributed by atoms with Crippen molar-refractivity contribution in [1.29, 1.82) is 0 Å². The Bertz CT molecular complexity index is 300. The van der Waals surface area contributed by atoms with Crippen LogP contribution in [0.25, 0.3) is 0 Å². The van der Waals surface area contributed by atoms with Crippen molar-refractivity contribution in [2.45, 2.75) is 32.9 Å². The average Bonchev–Trinajstić information content (AvgIpc) is 2.62. The van der Waals surface area contributed by atoms with Crippen LogP contribution in [0.5, 0.6) is 0 Å². The minimum atomic E-state index is -0.0397. The van der Waals surface area contributed by atoms with E-state index in [2.05, 4.69) is 20.6 Å². The zero-order chi connectivity index (χ0) is 11.3. The number of nitrogens with zero attached hydrogens (tertiary/aromatic N) is 1. The van der Waals surface area contributed by atoms with Gasteiger partial charge in [0.1, 0.15) is 5.82 Å². The van der Waals surface area contributed by atoms with E-state index >= 15 is 0 Å². The van der Waals surface area contributed by atoms with Crippen LogP contribution in [-0.4, -0.2) is 28.0 Å². The molecule has 1 rings (SSSR count). The molecule has 1 aromatic rings. The van der Waals surface area contributed by atoms with E-state index in [4.69, 9.17) is 0 Å². The van der Waals surface area contributed by atoms with Gasteiger partial charge in [-0.15, -0.1) is 0 Å². The number of H-pyrrole nitrogens is 1. The van der Waals surface area contributed by atoms with Gasteiger partial charge in [-0.2, -0.15) is 0 Å². The van der Waals surface area contributed by atoms with E-state index in [0.717, 1.165) is 5.82 Å². The van der Waals surface area contributed by atoms with Gasteiger partial charge >= 0.3 is 0 Å². The highest BCUT2D eigenvalue weighted by molar-refractivity contribution is 5.77. The Morgan fingerprint density at radius 3 is 2.80 bits per heavy atom. The lowest BCUT2D eigenvalue weighted by molar-refractivity contribution is -0.120. The maximum absolute atomic E-state index is 11.4. The summed E-state index contributed by atoms with van der Waals surface area (Å²) in [5, 5.41) is 5.87. The summed E-state index contributed by atoms with van der Waals surface area (Å²) >= 11 is 0. The van der Waals surface area contributed by atoms with Crippen molar-refractivity contribution in [3.63, 3.8) is 0 Å². The standard InChI is InChI=1S/C10H18N4O/c1-10(2,3)14-7-9(15)13-6-8-11-4-5-12-8/h4-5,14H,6-7H2,1-3H3,(H,11,12)(H,13,15). The highest BCUT2D eigenvalue weighted by Crippen LogP contribution is 1.96. The first kappa shape index (κ1) is 11.7. The van der Waals surface area contributed by atoms with Gasteiger partial charge < -0.3 is 15.6 Å². The van der Waals surface area contributed by atoms with E-state index in [9.17, 15) is 4.79 Å². The molecule has 0 spiro atoms. The van der Waals surface area contributed by atoms with Crippen molar-refractivity contribution in [1.82, 2.24) is 20.6 Å². The average molecular weight is 210 g/mol.